The van der Waals surface area contributed by atoms with Gasteiger partial charge in [0.1, 0.15) is 11.3 Å². The number of hydrogen-bond donors (Lipinski definition) is 0. The largest absolute Gasteiger partial charge is 0.459 e. The molecule has 0 atom stereocenters. The first-order valence-corrected chi connectivity index (χ1v) is 7.46. The molecule has 1 saturated carbocycles. The predicted octanol–water partition coefficient (Wildman–Crippen LogP) is 3.97. The van der Waals surface area contributed by atoms with Crippen molar-refractivity contribution in [2.75, 3.05) is 7.05 Å². The molecule has 0 saturated heterocycles. The molecule has 0 bridgehead atoms. The van der Waals surface area contributed by atoms with Gasteiger partial charge in [0.25, 0.3) is 0 Å². The molecule has 1 fully saturated rings. The molecule has 3 heteroatoms. The standard InChI is InChI=1S/C17H21NO2/c1-18(17(19)13-7-3-2-4-8-13)12-15-11-14-9-5-6-10-16(14)20-15/h5-6,9-11,13H,2-4,7-8,12H2,1H3. The van der Waals surface area contributed by atoms with E-state index in [1.54, 1.807) is 0 Å². The summed E-state index contributed by atoms with van der Waals surface area (Å²) < 4.78 is 5.78. The van der Waals surface area contributed by atoms with E-state index in [2.05, 4.69) is 0 Å². The Kier molecular flexibility index (Phi) is 3.77. The average Bonchev–Trinajstić information content (AvgIpc) is 2.89. The van der Waals surface area contributed by atoms with Gasteiger partial charge in [0, 0.05) is 18.4 Å². The van der Waals surface area contributed by atoms with Gasteiger partial charge in [-0.05, 0) is 25.0 Å². The molecule has 0 unspecified atom stereocenters. The first-order chi connectivity index (χ1) is 9.74. The van der Waals surface area contributed by atoms with Crippen molar-refractivity contribution in [3.63, 3.8) is 0 Å². The van der Waals surface area contributed by atoms with Crippen molar-refractivity contribution >= 4 is 16.9 Å². The first-order valence-electron chi connectivity index (χ1n) is 7.46. The van der Waals surface area contributed by atoms with E-state index in [1.807, 2.05) is 42.3 Å². The smallest absolute Gasteiger partial charge is 0.225 e. The molecule has 1 aromatic heterocycles. The lowest BCUT2D eigenvalue weighted by atomic mass is 9.88. The SMILES string of the molecule is CN(Cc1cc2ccccc2o1)C(=O)C1CCCCC1. The summed E-state index contributed by atoms with van der Waals surface area (Å²) in [6.45, 7) is 0.560. The Morgan fingerprint density at radius 1 is 1.25 bits per heavy atom. The molecule has 0 radical (unpaired) electrons. The molecule has 1 aliphatic rings. The quantitative estimate of drug-likeness (QED) is 0.846. The second-order valence-electron chi connectivity index (χ2n) is 5.78. The number of rotatable bonds is 3. The highest BCUT2D eigenvalue weighted by molar-refractivity contribution is 5.79. The van der Waals surface area contributed by atoms with Crippen LogP contribution >= 0.6 is 0 Å². The summed E-state index contributed by atoms with van der Waals surface area (Å²) in [6.07, 6.45) is 5.74. The molecular formula is C17H21NO2. The number of amides is 1. The Balaban J connectivity index is 1.68. The zero-order chi connectivity index (χ0) is 13.9. The van der Waals surface area contributed by atoms with Crippen molar-refractivity contribution in [3.05, 3.63) is 36.1 Å². The van der Waals surface area contributed by atoms with Crippen molar-refractivity contribution in [2.45, 2.75) is 38.6 Å². The molecule has 1 aromatic carbocycles. The van der Waals surface area contributed by atoms with Crippen LogP contribution in [0.4, 0.5) is 0 Å². The highest BCUT2D eigenvalue weighted by Crippen LogP contribution is 2.26. The summed E-state index contributed by atoms with van der Waals surface area (Å²) in [6, 6.07) is 9.98. The molecule has 0 spiro atoms. The van der Waals surface area contributed by atoms with Crippen LogP contribution in [-0.2, 0) is 11.3 Å². The summed E-state index contributed by atoms with van der Waals surface area (Å²) in [7, 11) is 1.88. The van der Waals surface area contributed by atoms with E-state index in [0.717, 1.165) is 29.6 Å². The van der Waals surface area contributed by atoms with Gasteiger partial charge in [-0.15, -0.1) is 0 Å². The van der Waals surface area contributed by atoms with Gasteiger partial charge in [0.15, 0.2) is 0 Å². The lowest BCUT2D eigenvalue weighted by Crippen LogP contribution is -2.33. The summed E-state index contributed by atoms with van der Waals surface area (Å²) in [5.74, 6) is 1.35. The fourth-order valence-electron chi connectivity index (χ4n) is 3.09. The third-order valence-corrected chi connectivity index (χ3v) is 4.20. The second kappa shape index (κ2) is 5.70. The van der Waals surface area contributed by atoms with E-state index >= 15 is 0 Å². The maximum absolute atomic E-state index is 12.4. The van der Waals surface area contributed by atoms with E-state index in [-0.39, 0.29) is 11.8 Å². The fourth-order valence-corrected chi connectivity index (χ4v) is 3.09. The van der Waals surface area contributed by atoms with Gasteiger partial charge >= 0.3 is 0 Å². The van der Waals surface area contributed by atoms with Crippen LogP contribution < -0.4 is 0 Å². The lowest BCUT2D eigenvalue weighted by molar-refractivity contribution is -0.135. The van der Waals surface area contributed by atoms with E-state index in [9.17, 15) is 4.79 Å². The third kappa shape index (κ3) is 2.72. The fraction of sp³-hybridized carbons (Fsp3) is 0.471. The zero-order valence-electron chi connectivity index (χ0n) is 12.0. The average molecular weight is 271 g/mol. The van der Waals surface area contributed by atoms with E-state index in [4.69, 9.17) is 4.42 Å². The van der Waals surface area contributed by atoms with Crippen molar-refractivity contribution in [1.82, 2.24) is 4.90 Å². The van der Waals surface area contributed by atoms with Crippen molar-refractivity contribution in [3.8, 4) is 0 Å². The summed E-state index contributed by atoms with van der Waals surface area (Å²) in [4.78, 5) is 14.2. The molecule has 1 aliphatic carbocycles. The number of nitrogens with zero attached hydrogens (tertiary/aromatic N) is 1. The molecule has 1 heterocycles. The van der Waals surface area contributed by atoms with E-state index < -0.39 is 0 Å². The number of para-hydroxylation sites is 1. The highest BCUT2D eigenvalue weighted by Gasteiger charge is 2.24. The van der Waals surface area contributed by atoms with Crippen molar-refractivity contribution in [1.29, 1.82) is 0 Å². The van der Waals surface area contributed by atoms with Gasteiger partial charge in [-0.2, -0.15) is 0 Å². The molecular weight excluding hydrogens is 250 g/mol. The maximum atomic E-state index is 12.4. The Labute approximate surface area is 119 Å². The monoisotopic (exact) mass is 271 g/mol. The number of furan rings is 1. The van der Waals surface area contributed by atoms with Crippen LogP contribution in [0.15, 0.2) is 34.7 Å². The van der Waals surface area contributed by atoms with Gasteiger partial charge in [0.2, 0.25) is 5.91 Å². The van der Waals surface area contributed by atoms with Crippen LogP contribution in [0, 0.1) is 5.92 Å². The van der Waals surface area contributed by atoms with E-state index in [0.29, 0.717) is 6.54 Å². The Morgan fingerprint density at radius 3 is 2.75 bits per heavy atom. The summed E-state index contributed by atoms with van der Waals surface area (Å²) >= 11 is 0. The number of carbonyl (C=O) groups excluding carboxylic acids is 1. The van der Waals surface area contributed by atoms with Gasteiger partial charge in [-0.1, -0.05) is 37.5 Å². The Hall–Kier alpha value is -1.77. The minimum absolute atomic E-state index is 0.220. The normalized spacial score (nSPS) is 16.4. The minimum atomic E-state index is 0.220. The minimum Gasteiger partial charge on any atom is -0.459 e. The highest BCUT2D eigenvalue weighted by atomic mass is 16.3. The van der Waals surface area contributed by atoms with Gasteiger partial charge in [0.05, 0.1) is 6.54 Å². The maximum Gasteiger partial charge on any atom is 0.225 e. The zero-order valence-corrected chi connectivity index (χ0v) is 12.0. The van der Waals surface area contributed by atoms with Crippen molar-refractivity contribution < 1.29 is 9.21 Å². The molecule has 0 N–H and O–H groups in total. The van der Waals surface area contributed by atoms with Gasteiger partial charge < -0.3 is 9.32 Å². The van der Waals surface area contributed by atoms with Crippen LogP contribution in [-0.4, -0.2) is 17.9 Å². The predicted molar refractivity (Wildman–Crippen MR) is 79.3 cm³/mol. The van der Waals surface area contributed by atoms with Crippen LogP contribution in [0.25, 0.3) is 11.0 Å². The van der Waals surface area contributed by atoms with Crippen LogP contribution in [0.2, 0.25) is 0 Å². The molecule has 3 rings (SSSR count). The third-order valence-electron chi connectivity index (χ3n) is 4.20. The van der Waals surface area contributed by atoms with Crippen LogP contribution in [0.3, 0.4) is 0 Å². The Morgan fingerprint density at radius 2 is 2.00 bits per heavy atom. The molecule has 3 nitrogen and oxygen atoms in total. The number of hydrogen-bond acceptors (Lipinski definition) is 2. The topological polar surface area (TPSA) is 33.5 Å². The molecule has 20 heavy (non-hydrogen) atoms. The van der Waals surface area contributed by atoms with Crippen LogP contribution in [0.5, 0.6) is 0 Å². The molecule has 106 valence electrons. The van der Waals surface area contributed by atoms with Crippen LogP contribution in [0.1, 0.15) is 37.9 Å². The molecule has 0 aliphatic heterocycles. The summed E-state index contributed by atoms with van der Waals surface area (Å²) in [5, 5.41) is 1.10. The van der Waals surface area contributed by atoms with Gasteiger partial charge in [-0.3, -0.25) is 4.79 Å². The lowest BCUT2D eigenvalue weighted by Gasteiger charge is -2.25. The second-order valence-corrected chi connectivity index (χ2v) is 5.78. The van der Waals surface area contributed by atoms with Crippen molar-refractivity contribution in [2.24, 2.45) is 5.92 Å². The number of carbonyl (C=O) groups is 1. The van der Waals surface area contributed by atoms with Gasteiger partial charge in [-0.25, -0.2) is 0 Å². The first kappa shape index (κ1) is 13.2. The Bertz CT molecular complexity index is 563. The summed E-state index contributed by atoms with van der Waals surface area (Å²) in [5.41, 5.74) is 0.890. The molecule has 1 amide bonds. The number of fused-ring (bicyclic) bond motifs is 1. The molecule has 2 aromatic rings. The van der Waals surface area contributed by atoms with E-state index in [1.165, 1.54) is 19.3 Å². The number of benzene rings is 1.